The zero-order valence-corrected chi connectivity index (χ0v) is 9.79. The zero-order valence-electron chi connectivity index (χ0n) is 8.98. The number of hydrogen-bond acceptors (Lipinski definition) is 2. The zero-order chi connectivity index (χ0) is 13.3. The van der Waals surface area contributed by atoms with Gasteiger partial charge in [-0.15, -0.1) is 0 Å². The third-order valence-electron chi connectivity index (χ3n) is 2.38. The molecule has 0 aliphatic carbocycles. The summed E-state index contributed by atoms with van der Waals surface area (Å²) in [6, 6.07) is 3.60. The van der Waals surface area contributed by atoms with Gasteiger partial charge in [-0.05, 0) is 18.2 Å². The lowest BCUT2D eigenvalue weighted by Gasteiger charge is -2.13. The van der Waals surface area contributed by atoms with Crippen LogP contribution in [0.25, 0.3) is 5.69 Å². The smallest absolute Gasteiger partial charge is 0.389 e. The molecule has 2 N–H and O–H groups in total. The van der Waals surface area contributed by atoms with Crippen molar-refractivity contribution in [2.75, 3.05) is 0 Å². The first-order chi connectivity index (χ1) is 8.39. The molecule has 3 nitrogen and oxygen atoms in total. The fourth-order valence-electron chi connectivity index (χ4n) is 1.56. The number of halogens is 3. The molecule has 0 spiro atoms. The molecule has 0 radical (unpaired) electrons. The minimum absolute atomic E-state index is 0.191. The number of nitrogens with two attached hydrogens (primary N) is 1. The normalized spacial score (nSPS) is 11.5. The minimum atomic E-state index is -4.48. The van der Waals surface area contributed by atoms with Crippen LogP contribution in [0.1, 0.15) is 11.1 Å². The molecule has 0 bridgehead atoms. The van der Waals surface area contributed by atoms with E-state index < -0.39 is 11.7 Å². The second-order valence-electron chi connectivity index (χ2n) is 3.56. The van der Waals surface area contributed by atoms with Crippen LogP contribution < -0.4 is 5.73 Å². The van der Waals surface area contributed by atoms with Crippen molar-refractivity contribution < 1.29 is 13.2 Å². The molecule has 2 rings (SSSR count). The Morgan fingerprint density at radius 2 is 2.06 bits per heavy atom. The highest BCUT2D eigenvalue weighted by atomic mass is 32.1. The van der Waals surface area contributed by atoms with E-state index >= 15 is 0 Å². The number of benzene rings is 1. The molecule has 0 unspecified atom stereocenters. The maximum absolute atomic E-state index is 12.7. The van der Waals surface area contributed by atoms with Crippen LogP contribution >= 0.6 is 12.2 Å². The molecule has 1 heterocycles. The Bertz CT molecular complexity index is 576. The Labute approximate surface area is 106 Å². The van der Waals surface area contributed by atoms with Crippen LogP contribution in [0.5, 0.6) is 0 Å². The average molecular weight is 271 g/mol. The van der Waals surface area contributed by atoms with Crippen molar-refractivity contribution in [3.63, 3.8) is 0 Å². The van der Waals surface area contributed by atoms with Crippen molar-refractivity contribution in [3.05, 3.63) is 48.0 Å². The van der Waals surface area contributed by atoms with Crippen molar-refractivity contribution in [1.82, 2.24) is 9.55 Å². The fraction of sp³-hybridized carbons (Fsp3) is 0.0909. The first-order valence-corrected chi connectivity index (χ1v) is 5.30. The topological polar surface area (TPSA) is 43.8 Å². The summed E-state index contributed by atoms with van der Waals surface area (Å²) in [6.45, 7) is 0. The van der Waals surface area contributed by atoms with Gasteiger partial charge in [0.25, 0.3) is 0 Å². The Balaban J connectivity index is 2.58. The molecular weight excluding hydrogens is 263 g/mol. The van der Waals surface area contributed by atoms with E-state index in [-0.39, 0.29) is 10.6 Å². The average Bonchev–Trinajstić information content (AvgIpc) is 2.80. The molecular formula is C11H8F3N3S. The molecule has 0 fully saturated rings. The quantitative estimate of drug-likeness (QED) is 0.854. The molecule has 0 aliphatic rings. The first kappa shape index (κ1) is 12.6. The van der Waals surface area contributed by atoms with Gasteiger partial charge < -0.3 is 10.3 Å². The monoisotopic (exact) mass is 271 g/mol. The van der Waals surface area contributed by atoms with Crippen LogP contribution in [0.2, 0.25) is 0 Å². The van der Waals surface area contributed by atoms with Crippen LogP contribution in [0.3, 0.4) is 0 Å². The fourth-order valence-corrected chi connectivity index (χ4v) is 1.72. The lowest BCUT2D eigenvalue weighted by atomic mass is 10.1. The summed E-state index contributed by atoms with van der Waals surface area (Å²) in [5, 5.41) is 0. The number of alkyl halides is 3. The van der Waals surface area contributed by atoms with E-state index in [9.17, 15) is 13.2 Å². The van der Waals surface area contributed by atoms with E-state index in [2.05, 4.69) is 17.2 Å². The molecule has 0 amide bonds. The van der Waals surface area contributed by atoms with Gasteiger partial charge in [0.15, 0.2) is 0 Å². The van der Waals surface area contributed by atoms with E-state index in [0.29, 0.717) is 5.69 Å². The molecule has 0 saturated carbocycles. The molecule has 18 heavy (non-hydrogen) atoms. The summed E-state index contributed by atoms with van der Waals surface area (Å²) in [5.74, 6) is 0. The standard InChI is InChI=1S/C11H8F3N3S/c12-11(13,14)9-2-1-7(5-8(9)10(15)18)17-4-3-16-6-17/h1-6H,(H2,15,18). The Hall–Kier alpha value is -1.89. The number of rotatable bonds is 2. The third kappa shape index (κ3) is 2.35. The summed E-state index contributed by atoms with van der Waals surface area (Å²) < 4.78 is 39.8. The van der Waals surface area contributed by atoms with Gasteiger partial charge in [-0.3, -0.25) is 0 Å². The van der Waals surface area contributed by atoms with Crippen molar-refractivity contribution in [3.8, 4) is 5.69 Å². The number of aromatic nitrogens is 2. The maximum Gasteiger partial charge on any atom is 0.417 e. The van der Waals surface area contributed by atoms with Crippen molar-refractivity contribution in [2.45, 2.75) is 6.18 Å². The number of hydrogen-bond donors (Lipinski definition) is 1. The van der Waals surface area contributed by atoms with Gasteiger partial charge >= 0.3 is 6.18 Å². The Morgan fingerprint density at radius 1 is 1.33 bits per heavy atom. The highest BCUT2D eigenvalue weighted by Crippen LogP contribution is 2.33. The molecule has 1 aromatic carbocycles. The highest BCUT2D eigenvalue weighted by molar-refractivity contribution is 7.80. The second-order valence-corrected chi connectivity index (χ2v) is 4.00. The van der Waals surface area contributed by atoms with Gasteiger partial charge in [0.05, 0.1) is 11.9 Å². The van der Waals surface area contributed by atoms with Crippen molar-refractivity contribution >= 4 is 17.2 Å². The van der Waals surface area contributed by atoms with E-state index in [0.717, 1.165) is 6.07 Å². The lowest BCUT2D eigenvalue weighted by molar-refractivity contribution is -0.137. The van der Waals surface area contributed by atoms with Gasteiger partial charge in [-0.2, -0.15) is 13.2 Å². The van der Waals surface area contributed by atoms with E-state index in [1.165, 1.54) is 24.7 Å². The van der Waals surface area contributed by atoms with E-state index in [1.54, 1.807) is 10.8 Å². The highest BCUT2D eigenvalue weighted by Gasteiger charge is 2.34. The van der Waals surface area contributed by atoms with Gasteiger partial charge in [0.2, 0.25) is 0 Å². The van der Waals surface area contributed by atoms with Crippen molar-refractivity contribution in [1.29, 1.82) is 0 Å². The Morgan fingerprint density at radius 3 is 2.56 bits per heavy atom. The lowest BCUT2D eigenvalue weighted by Crippen LogP contribution is -2.18. The minimum Gasteiger partial charge on any atom is -0.389 e. The van der Waals surface area contributed by atoms with Crippen LogP contribution in [0.4, 0.5) is 13.2 Å². The summed E-state index contributed by atoms with van der Waals surface area (Å²) in [5.41, 5.74) is 4.83. The van der Waals surface area contributed by atoms with Crippen LogP contribution in [-0.4, -0.2) is 14.5 Å². The van der Waals surface area contributed by atoms with Crippen LogP contribution in [0.15, 0.2) is 36.9 Å². The summed E-state index contributed by atoms with van der Waals surface area (Å²) in [6.07, 6.45) is 0.141. The molecule has 0 aliphatic heterocycles. The SMILES string of the molecule is NC(=S)c1cc(-n2ccnc2)ccc1C(F)(F)F. The van der Waals surface area contributed by atoms with Crippen molar-refractivity contribution in [2.24, 2.45) is 5.73 Å². The first-order valence-electron chi connectivity index (χ1n) is 4.89. The van der Waals surface area contributed by atoms with Gasteiger partial charge in [0.1, 0.15) is 4.99 Å². The molecule has 0 saturated heterocycles. The van der Waals surface area contributed by atoms with E-state index in [1.807, 2.05) is 0 Å². The van der Waals surface area contributed by atoms with E-state index in [4.69, 9.17) is 5.73 Å². The van der Waals surface area contributed by atoms with Crippen LogP contribution in [-0.2, 0) is 6.18 Å². The summed E-state index contributed by atoms with van der Waals surface area (Å²) >= 11 is 4.66. The van der Waals surface area contributed by atoms with Gasteiger partial charge in [0, 0.05) is 23.6 Å². The van der Waals surface area contributed by atoms with Crippen LogP contribution in [0, 0.1) is 0 Å². The molecule has 7 heteroatoms. The maximum atomic E-state index is 12.7. The molecule has 1 aromatic heterocycles. The molecule has 0 atom stereocenters. The predicted octanol–water partition coefficient (Wildman–Crippen LogP) is 2.53. The summed E-state index contributed by atoms with van der Waals surface area (Å²) in [4.78, 5) is 3.53. The predicted molar refractivity (Wildman–Crippen MR) is 64.5 cm³/mol. The number of nitrogens with zero attached hydrogens (tertiary/aromatic N) is 2. The summed E-state index contributed by atoms with van der Waals surface area (Å²) in [7, 11) is 0. The Kier molecular flexibility index (Phi) is 3.08. The van der Waals surface area contributed by atoms with Gasteiger partial charge in [-0.25, -0.2) is 4.98 Å². The van der Waals surface area contributed by atoms with Gasteiger partial charge in [-0.1, -0.05) is 12.2 Å². The largest absolute Gasteiger partial charge is 0.417 e. The second kappa shape index (κ2) is 4.41. The number of imidazole rings is 1. The molecule has 94 valence electrons. The molecule has 2 aromatic rings. The third-order valence-corrected chi connectivity index (χ3v) is 2.60. The number of thiocarbonyl (C=S) groups is 1.